The van der Waals surface area contributed by atoms with E-state index in [9.17, 15) is 4.79 Å². The maximum Gasteiger partial charge on any atom is 0.251 e. The van der Waals surface area contributed by atoms with Gasteiger partial charge in [-0.25, -0.2) is 4.98 Å². The van der Waals surface area contributed by atoms with Crippen LogP contribution in [0.2, 0.25) is 0 Å². The van der Waals surface area contributed by atoms with Crippen LogP contribution in [0.4, 0.5) is 0 Å². The topological polar surface area (TPSA) is 82.2 Å². The number of aromatic amines is 1. The summed E-state index contributed by atoms with van der Waals surface area (Å²) >= 11 is 1.78. The smallest absolute Gasteiger partial charge is 0.251 e. The fraction of sp³-hybridized carbons (Fsp3) is 0.583. The summed E-state index contributed by atoms with van der Waals surface area (Å²) in [6.07, 6.45) is 1.71. The molecule has 0 radical (unpaired) electrons. The summed E-state index contributed by atoms with van der Waals surface area (Å²) in [5, 5.41) is 5.79. The van der Waals surface area contributed by atoms with Gasteiger partial charge in [0.05, 0.1) is 18.6 Å². The Morgan fingerprint density at radius 1 is 1.47 bits per heavy atom. The molecule has 6 nitrogen and oxygen atoms in total. The first kappa shape index (κ1) is 13.9. The fourth-order valence-corrected chi connectivity index (χ4v) is 2.50. The number of hydrogen-bond acceptors (Lipinski definition) is 4. The molecule has 2 rings (SSSR count). The number of rotatable bonds is 5. The average molecular weight is 281 g/mol. The third-order valence-corrected chi connectivity index (χ3v) is 3.86. The standard InChI is InChI=1S/C12H19N5OS/c1-8-9(15-7-14-8)6-19-5-4-13-11-16-10(18)12(2,3)17-11/h7H,4-6H2,1-3H3,(H,14,15)(H2,13,16,17,18). The first-order valence-electron chi connectivity index (χ1n) is 6.20. The zero-order valence-corrected chi connectivity index (χ0v) is 12.2. The number of hydrogen-bond donors (Lipinski definition) is 3. The molecular weight excluding hydrogens is 262 g/mol. The Kier molecular flexibility index (Phi) is 4.14. The van der Waals surface area contributed by atoms with E-state index in [1.54, 1.807) is 18.1 Å². The van der Waals surface area contributed by atoms with Crippen LogP contribution < -0.4 is 10.6 Å². The lowest BCUT2D eigenvalue weighted by Gasteiger charge is -2.12. The number of guanidine groups is 1. The number of imidazole rings is 1. The summed E-state index contributed by atoms with van der Waals surface area (Å²) in [6.45, 7) is 6.36. The second-order valence-electron chi connectivity index (χ2n) is 4.96. The molecule has 2 heterocycles. The number of aryl methyl sites for hydroxylation is 1. The highest BCUT2D eigenvalue weighted by Crippen LogP contribution is 2.12. The monoisotopic (exact) mass is 281 g/mol. The van der Waals surface area contributed by atoms with E-state index in [1.165, 1.54) is 0 Å². The van der Waals surface area contributed by atoms with Gasteiger partial charge in [-0.2, -0.15) is 11.8 Å². The van der Waals surface area contributed by atoms with Crippen molar-refractivity contribution < 1.29 is 4.79 Å². The molecule has 3 N–H and O–H groups in total. The Labute approximate surface area is 116 Å². The Morgan fingerprint density at radius 3 is 2.84 bits per heavy atom. The summed E-state index contributed by atoms with van der Waals surface area (Å²) in [7, 11) is 0. The molecule has 0 bridgehead atoms. The van der Waals surface area contributed by atoms with Crippen molar-refractivity contribution in [3.05, 3.63) is 17.7 Å². The van der Waals surface area contributed by atoms with Crippen LogP contribution in [0, 0.1) is 6.92 Å². The van der Waals surface area contributed by atoms with Gasteiger partial charge in [-0.15, -0.1) is 0 Å². The Morgan fingerprint density at radius 2 is 2.26 bits per heavy atom. The SMILES string of the molecule is Cc1[nH]cnc1CSCCN=C1NC(=O)C(C)(C)N1. The maximum absolute atomic E-state index is 11.5. The van der Waals surface area contributed by atoms with E-state index >= 15 is 0 Å². The zero-order chi connectivity index (χ0) is 13.9. The summed E-state index contributed by atoms with van der Waals surface area (Å²) in [5.74, 6) is 2.32. The molecule has 0 spiro atoms. The molecule has 0 saturated carbocycles. The number of aliphatic imine (C=N–C) groups is 1. The largest absolute Gasteiger partial charge is 0.348 e. The number of carbonyl (C=O) groups is 1. The van der Waals surface area contributed by atoms with Crippen LogP contribution in [0.5, 0.6) is 0 Å². The quantitative estimate of drug-likeness (QED) is 0.697. The number of carbonyl (C=O) groups excluding carboxylic acids is 1. The van der Waals surface area contributed by atoms with E-state index in [1.807, 2.05) is 20.8 Å². The van der Waals surface area contributed by atoms with Gasteiger partial charge in [-0.1, -0.05) is 0 Å². The minimum Gasteiger partial charge on any atom is -0.348 e. The van der Waals surface area contributed by atoms with Gasteiger partial charge in [0.15, 0.2) is 5.96 Å². The Hall–Kier alpha value is -1.50. The van der Waals surface area contributed by atoms with Gasteiger partial charge in [0.25, 0.3) is 5.91 Å². The van der Waals surface area contributed by atoms with Crippen LogP contribution in [0.3, 0.4) is 0 Å². The highest BCUT2D eigenvalue weighted by Gasteiger charge is 2.35. The third-order valence-electron chi connectivity index (χ3n) is 2.91. The molecule has 19 heavy (non-hydrogen) atoms. The van der Waals surface area contributed by atoms with Crippen molar-refractivity contribution in [2.75, 3.05) is 12.3 Å². The van der Waals surface area contributed by atoms with Crippen LogP contribution in [0.25, 0.3) is 0 Å². The number of nitrogens with zero attached hydrogens (tertiary/aromatic N) is 2. The average Bonchev–Trinajstić information content (AvgIpc) is 2.84. The van der Waals surface area contributed by atoms with E-state index < -0.39 is 5.54 Å². The van der Waals surface area contributed by atoms with Crippen LogP contribution in [-0.2, 0) is 10.5 Å². The van der Waals surface area contributed by atoms with Gasteiger partial charge in [0, 0.05) is 17.2 Å². The van der Waals surface area contributed by atoms with Crippen molar-refractivity contribution in [3.8, 4) is 0 Å². The molecule has 0 atom stereocenters. The molecule has 0 aromatic carbocycles. The molecule has 1 saturated heterocycles. The van der Waals surface area contributed by atoms with Gasteiger partial charge >= 0.3 is 0 Å². The molecule has 0 unspecified atom stereocenters. The van der Waals surface area contributed by atoms with Crippen molar-refractivity contribution in [1.29, 1.82) is 0 Å². The molecule has 1 aromatic rings. The Balaban J connectivity index is 1.70. The number of H-pyrrole nitrogens is 1. The van der Waals surface area contributed by atoms with E-state index in [0.29, 0.717) is 12.5 Å². The lowest BCUT2D eigenvalue weighted by atomic mass is 10.1. The van der Waals surface area contributed by atoms with Gasteiger partial charge in [0.2, 0.25) is 0 Å². The fourth-order valence-electron chi connectivity index (χ4n) is 1.65. The number of amides is 1. The first-order chi connectivity index (χ1) is 8.99. The van der Waals surface area contributed by atoms with Gasteiger partial charge < -0.3 is 10.3 Å². The van der Waals surface area contributed by atoms with Gasteiger partial charge in [-0.05, 0) is 20.8 Å². The number of aromatic nitrogens is 2. The van der Waals surface area contributed by atoms with Crippen molar-refractivity contribution in [3.63, 3.8) is 0 Å². The highest BCUT2D eigenvalue weighted by atomic mass is 32.2. The van der Waals surface area contributed by atoms with E-state index in [2.05, 4.69) is 25.6 Å². The van der Waals surface area contributed by atoms with Crippen molar-refractivity contribution in [1.82, 2.24) is 20.6 Å². The van der Waals surface area contributed by atoms with Crippen LogP contribution in [0.15, 0.2) is 11.3 Å². The summed E-state index contributed by atoms with van der Waals surface area (Å²) in [5.41, 5.74) is 1.65. The number of thioether (sulfide) groups is 1. The predicted molar refractivity (Wildman–Crippen MR) is 77.1 cm³/mol. The molecular formula is C12H19N5OS. The van der Waals surface area contributed by atoms with Crippen molar-refractivity contribution in [2.45, 2.75) is 32.1 Å². The summed E-state index contributed by atoms with van der Waals surface area (Å²) in [6, 6.07) is 0. The predicted octanol–water partition coefficient (Wildman–Crippen LogP) is 0.805. The normalized spacial score (nSPS) is 19.5. The van der Waals surface area contributed by atoms with Gasteiger partial charge in [-0.3, -0.25) is 15.1 Å². The summed E-state index contributed by atoms with van der Waals surface area (Å²) in [4.78, 5) is 23.1. The molecule has 104 valence electrons. The molecule has 1 fully saturated rings. The van der Waals surface area contributed by atoms with Crippen LogP contribution in [-0.4, -0.2) is 39.7 Å². The minimum atomic E-state index is -0.557. The lowest BCUT2D eigenvalue weighted by molar-refractivity contribution is -0.122. The maximum atomic E-state index is 11.5. The zero-order valence-electron chi connectivity index (χ0n) is 11.4. The van der Waals surface area contributed by atoms with E-state index in [4.69, 9.17) is 0 Å². The van der Waals surface area contributed by atoms with Crippen LogP contribution >= 0.6 is 11.8 Å². The first-order valence-corrected chi connectivity index (χ1v) is 7.35. The van der Waals surface area contributed by atoms with Crippen molar-refractivity contribution in [2.24, 2.45) is 4.99 Å². The number of nitrogens with one attached hydrogen (secondary N) is 3. The second-order valence-corrected chi connectivity index (χ2v) is 6.07. The molecule has 0 aliphatic carbocycles. The van der Waals surface area contributed by atoms with E-state index in [0.717, 1.165) is 22.9 Å². The lowest BCUT2D eigenvalue weighted by Crippen LogP contribution is -2.40. The molecule has 7 heteroatoms. The summed E-state index contributed by atoms with van der Waals surface area (Å²) < 4.78 is 0. The van der Waals surface area contributed by atoms with Gasteiger partial charge in [0.1, 0.15) is 5.54 Å². The second kappa shape index (κ2) is 5.64. The molecule has 1 aromatic heterocycles. The van der Waals surface area contributed by atoms with Crippen LogP contribution in [0.1, 0.15) is 25.2 Å². The molecule has 1 amide bonds. The minimum absolute atomic E-state index is 0.0361. The Bertz CT molecular complexity index is 494. The third kappa shape index (κ3) is 3.50. The molecule has 1 aliphatic rings. The highest BCUT2D eigenvalue weighted by molar-refractivity contribution is 7.98. The van der Waals surface area contributed by atoms with Crippen molar-refractivity contribution >= 4 is 23.6 Å². The van der Waals surface area contributed by atoms with E-state index in [-0.39, 0.29) is 5.91 Å². The molecule has 1 aliphatic heterocycles.